The Morgan fingerprint density at radius 2 is 0.929 bits per heavy atom. The molecule has 3 saturated carbocycles. The van der Waals surface area contributed by atoms with Gasteiger partial charge in [0.05, 0.1) is 0 Å². The van der Waals surface area contributed by atoms with Crippen LogP contribution >= 0.6 is 0 Å². The predicted molar refractivity (Wildman–Crippen MR) is 59.2 cm³/mol. The fourth-order valence-electron chi connectivity index (χ4n) is 3.27. The van der Waals surface area contributed by atoms with Crippen LogP contribution in [0.15, 0.2) is 0 Å². The molecule has 3 fully saturated rings. The van der Waals surface area contributed by atoms with Crippen LogP contribution in [-0.4, -0.2) is 20.3 Å². The first-order valence-corrected chi connectivity index (χ1v) is 13.8. The summed E-state index contributed by atoms with van der Waals surface area (Å²) >= 11 is -2.92. The van der Waals surface area contributed by atoms with E-state index < -0.39 is 20.3 Å². The maximum absolute atomic E-state index is 13.3. The Balaban J connectivity index is 1.80. The summed E-state index contributed by atoms with van der Waals surface area (Å²) in [5.74, 6) is 0. The first-order valence-electron chi connectivity index (χ1n) is 6.41. The Morgan fingerprint density at radius 3 is 1.07 bits per heavy atom. The molecule has 0 aliphatic heterocycles. The van der Waals surface area contributed by atoms with Gasteiger partial charge in [-0.1, -0.05) is 0 Å². The second kappa shape index (κ2) is 3.61. The van der Waals surface area contributed by atoms with Crippen molar-refractivity contribution < 1.29 is 2.81 Å². The SMILES string of the molecule is [O]=[Bi]([CH]1CCC1)([CH]1CCC1)[CH]1CCC1. The molecule has 1 nitrogen and oxygen atoms in total. The Bertz CT molecular complexity index is 219. The van der Waals surface area contributed by atoms with Gasteiger partial charge in [0.15, 0.2) is 0 Å². The van der Waals surface area contributed by atoms with Crippen LogP contribution in [0.3, 0.4) is 0 Å². The summed E-state index contributed by atoms with van der Waals surface area (Å²) < 4.78 is 15.6. The second-order valence-electron chi connectivity index (χ2n) is 5.52. The van der Waals surface area contributed by atoms with E-state index in [0.717, 1.165) is 10.9 Å². The summed E-state index contributed by atoms with van der Waals surface area (Å²) in [6, 6.07) is 0. The summed E-state index contributed by atoms with van der Waals surface area (Å²) in [4.78, 5) is 0. The van der Waals surface area contributed by atoms with E-state index in [1.54, 1.807) is 0 Å². The molecule has 0 aromatic carbocycles. The molecule has 0 N–H and O–H groups in total. The predicted octanol–water partition coefficient (Wildman–Crippen LogP) is 4.02. The number of rotatable bonds is 3. The van der Waals surface area contributed by atoms with Crippen molar-refractivity contribution in [1.82, 2.24) is 0 Å². The zero-order valence-corrected chi connectivity index (χ0v) is 12.4. The van der Waals surface area contributed by atoms with E-state index in [0.29, 0.717) is 0 Å². The van der Waals surface area contributed by atoms with Gasteiger partial charge in [0, 0.05) is 0 Å². The molecule has 0 amide bonds. The molecular weight excluding hydrogens is 369 g/mol. The standard InChI is InChI=1S/3C4H7.Bi.O/c3*1-2-4-3-1;;/h3*1H,2-4H2;;. The van der Waals surface area contributed by atoms with E-state index >= 15 is 0 Å². The first-order chi connectivity index (χ1) is 6.82. The molecule has 0 spiro atoms. The minimum absolute atomic E-state index is 0.783. The molecule has 0 aromatic rings. The molecule has 0 aromatic heterocycles. The Hall–Kier alpha value is 0.683. The van der Waals surface area contributed by atoms with Gasteiger partial charge >= 0.3 is 91.7 Å². The summed E-state index contributed by atoms with van der Waals surface area (Å²) in [6.07, 6.45) is 12.2. The summed E-state index contributed by atoms with van der Waals surface area (Å²) in [5, 5.41) is 0. The van der Waals surface area contributed by atoms with Crippen molar-refractivity contribution in [1.29, 1.82) is 0 Å². The Labute approximate surface area is 91.5 Å². The average Bonchev–Trinajstić information content (AvgIpc) is 1.69. The van der Waals surface area contributed by atoms with Gasteiger partial charge in [-0.05, 0) is 0 Å². The Kier molecular flexibility index (Phi) is 2.55. The van der Waals surface area contributed by atoms with Gasteiger partial charge in [-0.25, -0.2) is 0 Å². The molecule has 3 aliphatic carbocycles. The normalized spacial score (nSPS) is 30.6. The summed E-state index contributed by atoms with van der Waals surface area (Å²) in [6.45, 7) is 0. The molecule has 0 unspecified atom stereocenters. The topological polar surface area (TPSA) is 17.1 Å². The van der Waals surface area contributed by atoms with Crippen LogP contribution < -0.4 is 0 Å². The summed E-state index contributed by atoms with van der Waals surface area (Å²) in [7, 11) is 0. The zero-order chi connectivity index (χ0) is 9.60. The van der Waals surface area contributed by atoms with E-state index in [1.165, 1.54) is 57.8 Å². The van der Waals surface area contributed by atoms with E-state index in [4.69, 9.17) is 0 Å². The van der Waals surface area contributed by atoms with Crippen molar-refractivity contribution in [2.45, 2.75) is 68.7 Å². The van der Waals surface area contributed by atoms with Crippen LogP contribution in [0.2, 0.25) is 10.9 Å². The molecule has 0 heterocycles. The number of hydrogen-bond acceptors (Lipinski definition) is 1. The molecule has 0 atom stereocenters. The summed E-state index contributed by atoms with van der Waals surface area (Å²) in [5.41, 5.74) is 0. The van der Waals surface area contributed by atoms with Crippen LogP contribution in [0, 0.1) is 0 Å². The molecule has 14 heavy (non-hydrogen) atoms. The van der Waals surface area contributed by atoms with Gasteiger partial charge in [0.2, 0.25) is 0 Å². The van der Waals surface area contributed by atoms with Gasteiger partial charge < -0.3 is 0 Å². The third-order valence-electron chi connectivity index (χ3n) is 4.94. The Morgan fingerprint density at radius 1 is 0.643 bits per heavy atom. The van der Waals surface area contributed by atoms with Gasteiger partial charge in [0.1, 0.15) is 0 Å². The monoisotopic (exact) mass is 390 g/mol. The van der Waals surface area contributed by atoms with Crippen molar-refractivity contribution in [2.24, 2.45) is 0 Å². The van der Waals surface area contributed by atoms with E-state index in [9.17, 15) is 2.81 Å². The molecule has 0 saturated heterocycles. The van der Waals surface area contributed by atoms with Crippen molar-refractivity contribution in [3.8, 4) is 0 Å². The molecule has 0 bridgehead atoms. The number of hydrogen-bond donors (Lipinski definition) is 0. The maximum atomic E-state index is 13.3. The molecule has 0 radical (unpaired) electrons. The zero-order valence-electron chi connectivity index (χ0n) is 8.95. The van der Waals surface area contributed by atoms with Crippen molar-refractivity contribution in [3.63, 3.8) is 0 Å². The van der Waals surface area contributed by atoms with Crippen LogP contribution in [0.4, 0.5) is 0 Å². The van der Waals surface area contributed by atoms with Crippen molar-refractivity contribution in [3.05, 3.63) is 0 Å². The van der Waals surface area contributed by atoms with Gasteiger partial charge in [-0.15, -0.1) is 0 Å². The van der Waals surface area contributed by atoms with Crippen LogP contribution in [-0.2, 0) is 2.81 Å². The molecule has 3 aliphatic rings. The molecule has 3 rings (SSSR count). The van der Waals surface area contributed by atoms with Crippen molar-refractivity contribution in [2.75, 3.05) is 0 Å². The average molecular weight is 390 g/mol. The fraction of sp³-hybridized carbons (Fsp3) is 1.00. The molecule has 80 valence electrons. The first kappa shape index (κ1) is 9.88. The molecule has 2 heteroatoms. The van der Waals surface area contributed by atoms with E-state index in [2.05, 4.69) is 0 Å². The van der Waals surface area contributed by atoms with E-state index in [-0.39, 0.29) is 0 Å². The second-order valence-corrected chi connectivity index (χ2v) is 20.0. The van der Waals surface area contributed by atoms with Gasteiger partial charge in [0.25, 0.3) is 0 Å². The van der Waals surface area contributed by atoms with Gasteiger partial charge in [-0.3, -0.25) is 0 Å². The van der Waals surface area contributed by atoms with Crippen molar-refractivity contribution >= 4 is 20.3 Å². The molecular formula is C12H21BiO. The minimum atomic E-state index is -2.92. The van der Waals surface area contributed by atoms with Crippen LogP contribution in [0.5, 0.6) is 0 Å². The van der Waals surface area contributed by atoms with Crippen LogP contribution in [0.25, 0.3) is 0 Å². The fourth-order valence-corrected chi connectivity index (χ4v) is 23.9. The van der Waals surface area contributed by atoms with Crippen LogP contribution in [0.1, 0.15) is 57.8 Å². The quantitative estimate of drug-likeness (QED) is 0.666. The van der Waals surface area contributed by atoms with Gasteiger partial charge in [-0.2, -0.15) is 0 Å². The third-order valence-corrected chi connectivity index (χ3v) is 24.3. The van der Waals surface area contributed by atoms with E-state index in [1.807, 2.05) is 0 Å². The third kappa shape index (κ3) is 1.29.